The molecule has 0 bridgehead atoms. The molecule has 20 heavy (non-hydrogen) atoms. The molecule has 0 aliphatic heterocycles. The molecule has 0 saturated carbocycles. The molecular weight excluding hydrogens is 252 g/mol. The number of hydrogen-bond donors (Lipinski definition) is 1. The molecule has 1 aliphatic carbocycles. The van der Waals surface area contributed by atoms with Crippen LogP contribution in [0.15, 0.2) is 48.5 Å². The summed E-state index contributed by atoms with van der Waals surface area (Å²) in [6.07, 6.45) is 1.30. The Kier molecular flexibility index (Phi) is 2.75. The number of carbonyl (C=O) groups excluding carboxylic acids is 2. The van der Waals surface area contributed by atoms with Crippen LogP contribution in [0.1, 0.15) is 31.8 Å². The number of Topliss-reactive ketones (excluding diaryl/α,β-unsaturated/α-hetero) is 1. The number of benzene rings is 2. The maximum Gasteiger partial charge on any atom is 0.194 e. The van der Waals surface area contributed by atoms with Crippen LogP contribution in [-0.2, 0) is 0 Å². The largest absolute Gasteiger partial charge is 0.507 e. The van der Waals surface area contributed by atoms with Gasteiger partial charge in [-0.3, -0.25) is 9.59 Å². The summed E-state index contributed by atoms with van der Waals surface area (Å²) in [5, 5.41) is 9.99. The fourth-order valence-corrected chi connectivity index (χ4v) is 2.38. The zero-order valence-electron chi connectivity index (χ0n) is 10.9. The highest BCUT2D eigenvalue weighted by Crippen LogP contribution is 2.32. The maximum atomic E-state index is 12.5. The van der Waals surface area contributed by atoms with E-state index in [0.29, 0.717) is 16.7 Å². The monoisotopic (exact) mass is 264 g/mol. The average molecular weight is 264 g/mol. The molecule has 1 aliphatic rings. The molecule has 3 heteroatoms. The van der Waals surface area contributed by atoms with Gasteiger partial charge in [-0.2, -0.15) is 0 Å². The van der Waals surface area contributed by atoms with Crippen molar-refractivity contribution in [2.45, 2.75) is 6.92 Å². The molecule has 3 nitrogen and oxygen atoms in total. The van der Waals surface area contributed by atoms with Crippen LogP contribution in [0, 0.1) is 6.92 Å². The smallest absolute Gasteiger partial charge is 0.194 e. The van der Waals surface area contributed by atoms with Crippen molar-refractivity contribution in [2.24, 2.45) is 0 Å². The average Bonchev–Trinajstić information content (AvgIpc) is 2.43. The summed E-state index contributed by atoms with van der Waals surface area (Å²) in [4.78, 5) is 24.6. The Bertz CT molecular complexity index is 770. The molecule has 2 aromatic carbocycles. The summed E-state index contributed by atoms with van der Waals surface area (Å²) in [5.74, 6) is -0.439. The lowest BCUT2D eigenvalue weighted by Crippen LogP contribution is -2.16. The van der Waals surface area contributed by atoms with E-state index in [9.17, 15) is 14.7 Å². The van der Waals surface area contributed by atoms with Crippen LogP contribution in [0.25, 0.3) is 5.57 Å². The Morgan fingerprint density at radius 1 is 0.900 bits per heavy atom. The number of aromatic hydroxyl groups is 1. The lowest BCUT2D eigenvalue weighted by Gasteiger charge is -2.16. The predicted molar refractivity (Wildman–Crippen MR) is 75.9 cm³/mol. The van der Waals surface area contributed by atoms with E-state index in [4.69, 9.17) is 0 Å². The van der Waals surface area contributed by atoms with Crippen molar-refractivity contribution in [3.05, 3.63) is 70.8 Å². The highest BCUT2D eigenvalue weighted by Gasteiger charge is 2.27. The van der Waals surface area contributed by atoms with E-state index < -0.39 is 0 Å². The first-order valence-electron chi connectivity index (χ1n) is 6.27. The van der Waals surface area contributed by atoms with Gasteiger partial charge in [-0.15, -0.1) is 0 Å². The molecule has 0 atom stereocenters. The Morgan fingerprint density at radius 3 is 2.30 bits per heavy atom. The van der Waals surface area contributed by atoms with E-state index in [1.54, 1.807) is 42.5 Å². The number of fused-ring (bicyclic) bond motifs is 1. The second kappa shape index (κ2) is 4.46. The van der Waals surface area contributed by atoms with Gasteiger partial charge in [0.25, 0.3) is 0 Å². The Hall–Kier alpha value is -2.68. The summed E-state index contributed by atoms with van der Waals surface area (Å²) in [6, 6.07) is 11.8. The first kappa shape index (κ1) is 12.4. The maximum absolute atomic E-state index is 12.5. The molecule has 0 amide bonds. The predicted octanol–water partition coefficient (Wildman–Crippen LogP) is 3.16. The van der Waals surface area contributed by atoms with Crippen molar-refractivity contribution >= 4 is 17.1 Å². The second-order valence-electron chi connectivity index (χ2n) is 4.82. The minimum Gasteiger partial charge on any atom is -0.507 e. The SMILES string of the molecule is Cc1ccc(C2=CC(=O)c3ccccc3C2=O)c(O)c1. The van der Waals surface area contributed by atoms with E-state index >= 15 is 0 Å². The van der Waals surface area contributed by atoms with Gasteiger partial charge in [0.05, 0.1) is 0 Å². The van der Waals surface area contributed by atoms with Gasteiger partial charge in [0, 0.05) is 22.3 Å². The lowest BCUT2D eigenvalue weighted by molar-refractivity contribution is 0.100. The van der Waals surface area contributed by atoms with Crippen LogP contribution in [0.2, 0.25) is 0 Å². The van der Waals surface area contributed by atoms with Gasteiger partial charge >= 0.3 is 0 Å². The van der Waals surface area contributed by atoms with E-state index in [1.807, 2.05) is 6.92 Å². The highest BCUT2D eigenvalue weighted by molar-refractivity contribution is 6.38. The van der Waals surface area contributed by atoms with Crippen LogP contribution in [0.5, 0.6) is 5.75 Å². The van der Waals surface area contributed by atoms with Gasteiger partial charge in [-0.05, 0) is 24.6 Å². The zero-order valence-corrected chi connectivity index (χ0v) is 10.9. The summed E-state index contributed by atoms with van der Waals surface area (Å²) in [6.45, 7) is 1.85. The molecule has 0 aromatic heterocycles. The van der Waals surface area contributed by atoms with Crippen molar-refractivity contribution in [3.63, 3.8) is 0 Å². The number of aryl methyl sites for hydroxylation is 1. The molecule has 2 aromatic rings. The van der Waals surface area contributed by atoms with Crippen LogP contribution < -0.4 is 0 Å². The third-order valence-corrected chi connectivity index (χ3v) is 3.40. The van der Waals surface area contributed by atoms with Crippen molar-refractivity contribution in [2.75, 3.05) is 0 Å². The standard InChI is InChI=1S/C17H12O3/c1-10-6-7-12(15(18)8-10)14-9-16(19)11-4-2-3-5-13(11)17(14)20/h2-9,18H,1H3. The van der Waals surface area contributed by atoms with Gasteiger partial charge in [0.2, 0.25) is 0 Å². The van der Waals surface area contributed by atoms with E-state index in [2.05, 4.69) is 0 Å². The highest BCUT2D eigenvalue weighted by atomic mass is 16.3. The summed E-state index contributed by atoms with van der Waals surface area (Å²) in [5.41, 5.74) is 2.32. The van der Waals surface area contributed by atoms with E-state index in [-0.39, 0.29) is 22.9 Å². The number of allylic oxidation sites excluding steroid dienone is 2. The molecule has 0 fully saturated rings. The summed E-state index contributed by atoms with van der Waals surface area (Å²) in [7, 11) is 0. The zero-order chi connectivity index (χ0) is 14.3. The quantitative estimate of drug-likeness (QED) is 0.860. The van der Waals surface area contributed by atoms with E-state index in [1.165, 1.54) is 6.08 Å². The first-order chi connectivity index (χ1) is 9.58. The molecule has 0 heterocycles. The van der Waals surface area contributed by atoms with Gasteiger partial charge in [-0.1, -0.05) is 36.4 Å². The molecule has 0 saturated heterocycles. The second-order valence-corrected chi connectivity index (χ2v) is 4.82. The molecule has 0 spiro atoms. The first-order valence-corrected chi connectivity index (χ1v) is 6.27. The Labute approximate surface area is 116 Å². The van der Waals surface area contributed by atoms with Crippen LogP contribution in [0.3, 0.4) is 0 Å². The third kappa shape index (κ3) is 1.84. The van der Waals surface area contributed by atoms with Gasteiger partial charge in [-0.25, -0.2) is 0 Å². The van der Waals surface area contributed by atoms with Crippen molar-refractivity contribution in [1.82, 2.24) is 0 Å². The Balaban J connectivity index is 2.17. The minimum absolute atomic E-state index is 0.0109. The van der Waals surface area contributed by atoms with Crippen LogP contribution in [0.4, 0.5) is 0 Å². The number of phenolic OH excluding ortho intramolecular Hbond substituents is 1. The van der Waals surface area contributed by atoms with Gasteiger partial charge in [0.15, 0.2) is 11.6 Å². The molecule has 0 radical (unpaired) electrons. The normalized spacial score (nSPS) is 13.9. The fraction of sp³-hybridized carbons (Fsp3) is 0.0588. The number of rotatable bonds is 1. The number of hydrogen-bond acceptors (Lipinski definition) is 3. The molecule has 3 rings (SSSR count). The molecule has 1 N–H and O–H groups in total. The Morgan fingerprint density at radius 2 is 1.60 bits per heavy atom. The van der Waals surface area contributed by atoms with Crippen LogP contribution >= 0.6 is 0 Å². The third-order valence-electron chi connectivity index (χ3n) is 3.40. The van der Waals surface area contributed by atoms with Gasteiger partial charge in [0.1, 0.15) is 5.75 Å². The molecular formula is C17H12O3. The van der Waals surface area contributed by atoms with Gasteiger partial charge < -0.3 is 5.11 Å². The summed E-state index contributed by atoms with van der Waals surface area (Å²) < 4.78 is 0. The fourth-order valence-electron chi connectivity index (χ4n) is 2.38. The van der Waals surface area contributed by atoms with Crippen molar-refractivity contribution in [1.29, 1.82) is 0 Å². The number of ketones is 2. The molecule has 0 unspecified atom stereocenters. The topological polar surface area (TPSA) is 54.4 Å². The number of carbonyl (C=O) groups is 2. The molecule has 98 valence electrons. The minimum atomic E-state index is -0.237. The summed E-state index contributed by atoms with van der Waals surface area (Å²) >= 11 is 0. The van der Waals surface area contributed by atoms with Crippen molar-refractivity contribution < 1.29 is 14.7 Å². The van der Waals surface area contributed by atoms with Crippen molar-refractivity contribution in [3.8, 4) is 5.75 Å². The van der Waals surface area contributed by atoms with Crippen LogP contribution in [-0.4, -0.2) is 16.7 Å². The number of phenols is 1. The lowest BCUT2D eigenvalue weighted by atomic mass is 9.86. The van der Waals surface area contributed by atoms with E-state index in [0.717, 1.165) is 5.56 Å².